The number of hydrogen-bond donors (Lipinski definition) is 1. The van der Waals surface area contributed by atoms with Crippen molar-refractivity contribution in [3.63, 3.8) is 0 Å². The first-order valence-electron chi connectivity index (χ1n) is 5.23. The van der Waals surface area contributed by atoms with Crippen LogP contribution in [0.4, 0.5) is 4.39 Å². The lowest BCUT2D eigenvalue weighted by molar-refractivity contribution is 0.1000. The van der Waals surface area contributed by atoms with Crippen molar-refractivity contribution in [3.05, 3.63) is 45.4 Å². The van der Waals surface area contributed by atoms with E-state index in [0.29, 0.717) is 0 Å². The molecule has 1 amide bonds. The Balaban J connectivity index is 2.58. The summed E-state index contributed by atoms with van der Waals surface area (Å²) in [6, 6.07) is 4.08. The quantitative estimate of drug-likeness (QED) is 0.926. The summed E-state index contributed by atoms with van der Waals surface area (Å²) in [6.07, 6.45) is 0. The maximum atomic E-state index is 13.9. The molecule has 0 spiro atoms. The van der Waals surface area contributed by atoms with Gasteiger partial charge in [0, 0.05) is 5.56 Å². The lowest BCUT2D eigenvalue weighted by atomic mass is 10.2. The smallest absolute Gasteiger partial charge is 0.248 e. The number of aryl methyl sites for hydroxylation is 1. The van der Waals surface area contributed by atoms with Crippen LogP contribution >= 0.6 is 15.9 Å². The highest BCUT2D eigenvalue weighted by Gasteiger charge is 2.14. The summed E-state index contributed by atoms with van der Waals surface area (Å²) in [6.45, 7) is 3.65. The largest absolute Gasteiger partial charge is 0.366 e. The van der Waals surface area contributed by atoms with Gasteiger partial charge in [-0.2, -0.15) is 5.10 Å². The van der Waals surface area contributed by atoms with Crippen LogP contribution in [0, 0.1) is 19.7 Å². The molecule has 2 rings (SSSR count). The highest BCUT2D eigenvalue weighted by atomic mass is 79.9. The number of benzene rings is 1. The van der Waals surface area contributed by atoms with Crippen molar-refractivity contribution >= 4 is 21.8 Å². The molecule has 0 bridgehead atoms. The number of carbonyl (C=O) groups is 1. The van der Waals surface area contributed by atoms with Crippen LogP contribution in [0.1, 0.15) is 21.7 Å². The van der Waals surface area contributed by atoms with Crippen molar-refractivity contribution in [2.45, 2.75) is 13.8 Å². The van der Waals surface area contributed by atoms with Gasteiger partial charge >= 0.3 is 0 Å². The van der Waals surface area contributed by atoms with Crippen molar-refractivity contribution in [1.29, 1.82) is 0 Å². The number of amides is 1. The van der Waals surface area contributed by atoms with Crippen LogP contribution in [-0.4, -0.2) is 15.7 Å². The van der Waals surface area contributed by atoms with Crippen molar-refractivity contribution in [1.82, 2.24) is 9.78 Å². The summed E-state index contributed by atoms with van der Waals surface area (Å²) in [7, 11) is 0. The summed E-state index contributed by atoms with van der Waals surface area (Å²) >= 11 is 3.38. The molecule has 0 saturated heterocycles. The fraction of sp³-hybridized carbons (Fsp3) is 0.167. The van der Waals surface area contributed by atoms with Crippen LogP contribution in [0.2, 0.25) is 0 Å². The SMILES string of the molecule is Cc1nn(-c2ccc(C(N)=O)cc2F)c(C)c1Br. The standard InChI is InChI=1S/C12H11BrFN3O/c1-6-11(13)7(2)17(16-6)10-4-3-8(12(15)18)5-9(10)14/h3-5H,1-2H3,(H2,15,18). The van der Waals surface area contributed by atoms with Gasteiger partial charge in [-0.25, -0.2) is 9.07 Å². The fourth-order valence-electron chi connectivity index (χ4n) is 1.69. The van der Waals surface area contributed by atoms with E-state index < -0.39 is 11.7 Å². The number of aromatic nitrogens is 2. The first-order chi connectivity index (χ1) is 8.41. The molecular formula is C12H11BrFN3O. The topological polar surface area (TPSA) is 60.9 Å². The summed E-state index contributed by atoms with van der Waals surface area (Å²) in [5.74, 6) is -1.20. The van der Waals surface area contributed by atoms with Gasteiger partial charge in [0.25, 0.3) is 0 Å². The molecule has 0 aliphatic heterocycles. The predicted octanol–water partition coefficient (Wildman–Crippen LogP) is 2.49. The molecule has 1 heterocycles. The number of nitrogens with two attached hydrogens (primary N) is 1. The van der Waals surface area contributed by atoms with Crippen LogP contribution in [0.3, 0.4) is 0 Å². The van der Waals surface area contributed by atoms with Crippen molar-refractivity contribution in [2.75, 3.05) is 0 Å². The predicted molar refractivity (Wildman–Crippen MR) is 69.2 cm³/mol. The van der Waals surface area contributed by atoms with Crippen LogP contribution in [0.25, 0.3) is 5.69 Å². The van der Waals surface area contributed by atoms with E-state index in [4.69, 9.17) is 5.73 Å². The number of rotatable bonds is 2. The number of carbonyl (C=O) groups excluding carboxylic acids is 1. The Hall–Kier alpha value is -1.69. The molecule has 0 unspecified atom stereocenters. The molecule has 0 aliphatic carbocycles. The third-order valence-corrected chi connectivity index (χ3v) is 3.81. The molecule has 1 aromatic heterocycles. The number of hydrogen-bond acceptors (Lipinski definition) is 2. The Kier molecular flexibility index (Phi) is 3.21. The van der Waals surface area contributed by atoms with Crippen LogP contribution in [0.5, 0.6) is 0 Å². The Morgan fingerprint density at radius 3 is 2.56 bits per heavy atom. The number of halogens is 2. The average molecular weight is 312 g/mol. The van der Waals surface area contributed by atoms with Gasteiger partial charge in [-0.1, -0.05) is 0 Å². The summed E-state index contributed by atoms with van der Waals surface area (Å²) in [5.41, 5.74) is 7.07. The third-order valence-electron chi connectivity index (χ3n) is 2.66. The molecule has 18 heavy (non-hydrogen) atoms. The second-order valence-corrected chi connectivity index (χ2v) is 4.72. The van der Waals surface area contributed by atoms with Crippen LogP contribution < -0.4 is 5.73 Å². The van der Waals surface area contributed by atoms with E-state index in [1.54, 1.807) is 0 Å². The van der Waals surface area contributed by atoms with Crippen molar-refractivity contribution in [3.8, 4) is 5.69 Å². The van der Waals surface area contributed by atoms with Gasteiger partial charge < -0.3 is 5.73 Å². The zero-order valence-corrected chi connectivity index (χ0v) is 11.5. The zero-order valence-electron chi connectivity index (χ0n) is 9.87. The van der Waals surface area contributed by atoms with Gasteiger partial charge in [0.05, 0.1) is 15.9 Å². The van der Waals surface area contributed by atoms with E-state index in [2.05, 4.69) is 21.0 Å². The summed E-state index contributed by atoms with van der Waals surface area (Å²) in [5, 5.41) is 4.23. The highest BCUT2D eigenvalue weighted by Crippen LogP contribution is 2.24. The van der Waals surface area contributed by atoms with Gasteiger partial charge in [0.1, 0.15) is 11.5 Å². The molecular weight excluding hydrogens is 301 g/mol. The highest BCUT2D eigenvalue weighted by molar-refractivity contribution is 9.10. The molecule has 0 saturated carbocycles. The lowest BCUT2D eigenvalue weighted by Gasteiger charge is -2.06. The Bertz CT molecular complexity index is 636. The normalized spacial score (nSPS) is 10.7. The molecule has 1 aromatic carbocycles. The van der Waals surface area contributed by atoms with Crippen LogP contribution in [0.15, 0.2) is 22.7 Å². The summed E-state index contributed by atoms with van der Waals surface area (Å²) in [4.78, 5) is 11.0. The zero-order chi connectivity index (χ0) is 13.4. The fourth-order valence-corrected chi connectivity index (χ4v) is 1.94. The minimum absolute atomic E-state index is 0.136. The van der Waals surface area contributed by atoms with Gasteiger partial charge in [-0.15, -0.1) is 0 Å². The molecule has 0 radical (unpaired) electrons. The molecule has 4 nitrogen and oxygen atoms in total. The Labute approximate surface area is 112 Å². The van der Waals surface area contributed by atoms with Crippen molar-refractivity contribution < 1.29 is 9.18 Å². The average Bonchev–Trinajstić information content (AvgIpc) is 2.57. The number of nitrogens with zero attached hydrogens (tertiary/aromatic N) is 2. The maximum Gasteiger partial charge on any atom is 0.248 e. The molecule has 2 aromatic rings. The first kappa shape index (κ1) is 12.8. The van der Waals surface area contributed by atoms with E-state index >= 15 is 0 Å². The molecule has 2 N–H and O–H groups in total. The first-order valence-corrected chi connectivity index (χ1v) is 6.02. The van der Waals surface area contributed by atoms with Gasteiger partial charge in [-0.3, -0.25) is 4.79 Å². The van der Waals surface area contributed by atoms with E-state index in [9.17, 15) is 9.18 Å². The Morgan fingerprint density at radius 2 is 2.11 bits per heavy atom. The third kappa shape index (κ3) is 2.03. The Morgan fingerprint density at radius 1 is 1.44 bits per heavy atom. The maximum absolute atomic E-state index is 13.9. The van der Waals surface area contributed by atoms with Gasteiger partial charge in [-0.05, 0) is 48.0 Å². The molecule has 0 atom stereocenters. The number of primary amides is 1. The van der Waals surface area contributed by atoms with Gasteiger partial charge in [0.15, 0.2) is 0 Å². The van der Waals surface area contributed by atoms with E-state index in [-0.39, 0.29) is 11.3 Å². The minimum Gasteiger partial charge on any atom is -0.366 e. The lowest BCUT2D eigenvalue weighted by Crippen LogP contribution is -2.12. The molecule has 0 aliphatic rings. The van der Waals surface area contributed by atoms with E-state index in [1.807, 2.05) is 13.8 Å². The van der Waals surface area contributed by atoms with E-state index in [0.717, 1.165) is 21.9 Å². The second kappa shape index (κ2) is 4.53. The van der Waals surface area contributed by atoms with Crippen molar-refractivity contribution in [2.24, 2.45) is 5.73 Å². The monoisotopic (exact) mass is 311 g/mol. The van der Waals surface area contributed by atoms with E-state index in [1.165, 1.54) is 16.8 Å². The molecule has 94 valence electrons. The van der Waals surface area contributed by atoms with Gasteiger partial charge in [0.2, 0.25) is 5.91 Å². The second-order valence-electron chi connectivity index (χ2n) is 3.93. The minimum atomic E-state index is -0.657. The summed E-state index contributed by atoms with van der Waals surface area (Å²) < 4.78 is 16.3. The molecule has 6 heteroatoms. The van der Waals surface area contributed by atoms with Crippen LogP contribution in [-0.2, 0) is 0 Å². The molecule has 0 fully saturated rings.